The summed E-state index contributed by atoms with van der Waals surface area (Å²) < 4.78 is 0.706. The number of urea groups is 1. The molecule has 1 aromatic rings. The van der Waals surface area contributed by atoms with Crippen LogP contribution in [0.2, 0.25) is 4.34 Å². The van der Waals surface area contributed by atoms with Gasteiger partial charge in [0.25, 0.3) is 5.91 Å². The lowest BCUT2D eigenvalue weighted by Crippen LogP contribution is -2.51. The highest BCUT2D eigenvalue weighted by molar-refractivity contribution is 7.16. The third kappa shape index (κ3) is 2.23. The van der Waals surface area contributed by atoms with Crippen LogP contribution < -0.4 is 5.32 Å². The van der Waals surface area contributed by atoms with Gasteiger partial charge in [0.15, 0.2) is 0 Å². The number of carbonyl (C=O) groups excluding carboxylic acids is 2. The summed E-state index contributed by atoms with van der Waals surface area (Å²) in [5.41, 5.74) is -0.639. The fraction of sp³-hybridized carbons (Fsp3) is 0.571. The van der Waals surface area contributed by atoms with Crippen molar-refractivity contribution in [1.82, 2.24) is 10.2 Å². The fourth-order valence-corrected chi connectivity index (χ4v) is 4.23. The first-order valence-electron chi connectivity index (χ1n) is 6.88. The third-order valence-corrected chi connectivity index (χ3v) is 5.67. The van der Waals surface area contributed by atoms with E-state index in [0.29, 0.717) is 16.8 Å². The summed E-state index contributed by atoms with van der Waals surface area (Å²) >= 11 is 7.40. The van der Waals surface area contributed by atoms with Crippen LogP contribution in [0.5, 0.6) is 0 Å². The minimum Gasteiger partial charge on any atom is -0.305 e. The Balaban J connectivity index is 1.86. The average Bonchev–Trinajstić information content (AvgIpc) is 2.91. The van der Waals surface area contributed by atoms with Crippen LogP contribution in [0.3, 0.4) is 0 Å². The SMILES string of the molecule is CC1CCC2(CC1)C(=O)NC(=O)N2Cc1ccc(Cl)s1. The van der Waals surface area contributed by atoms with E-state index in [1.807, 2.05) is 12.1 Å². The number of nitrogens with one attached hydrogen (secondary N) is 1. The van der Waals surface area contributed by atoms with Gasteiger partial charge in [0, 0.05) is 4.88 Å². The Bertz CT molecular complexity index is 549. The summed E-state index contributed by atoms with van der Waals surface area (Å²) in [6, 6.07) is 3.48. The highest BCUT2D eigenvalue weighted by Crippen LogP contribution is 2.40. The number of amides is 3. The highest BCUT2D eigenvalue weighted by atomic mass is 35.5. The lowest BCUT2D eigenvalue weighted by molar-refractivity contribution is -0.128. The molecule has 1 N–H and O–H groups in total. The van der Waals surface area contributed by atoms with Crippen LogP contribution in [-0.4, -0.2) is 22.4 Å². The van der Waals surface area contributed by atoms with Gasteiger partial charge in [0.2, 0.25) is 0 Å². The van der Waals surface area contributed by atoms with Crippen LogP contribution >= 0.6 is 22.9 Å². The van der Waals surface area contributed by atoms with E-state index >= 15 is 0 Å². The van der Waals surface area contributed by atoms with Crippen LogP contribution in [0.25, 0.3) is 0 Å². The number of carbonyl (C=O) groups is 2. The summed E-state index contributed by atoms with van der Waals surface area (Å²) in [6.07, 6.45) is 3.49. The van der Waals surface area contributed by atoms with Crippen LogP contribution in [0, 0.1) is 5.92 Å². The molecule has 0 bridgehead atoms. The number of imide groups is 1. The van der Waals surface area contributed by atoms with E-state index < -0.39 is 5.54 Å². The molecule has 108 valence electrons. The molecule has 20 heavy (non-hydrogen) atoms. The van der Waals surface area contributed by atoms with Gasteiger partial charge < -0.3 is 4.90 Å². The van der Waals surface area contributed by atoms with Crippen molar-refractivity contribution in [1.29, 1.82) is 0 Å². The molecule has 2 aliphatic rings. The zero-order valence-corrected chi connectivity index (χ0v) is 12.9. The Labute approximate surface area is 127 Å². The number of hydrogen-bond acceptors (Lipinski definition) is 3. The first-order chi connectivity index (χ1) is 9.51. The van der Waals surface area contributed by atoms with E-state index in [2.05, 4.69) is 12.2 Å². The molecule has 1 spiro atoms. The van der Waals surface area contributed by atoms with Crippen molar-refractivity contribution in [3.8, 4) is 0 Å². The lowest BCUT2D eigenvalue weighted by atomic mass is 9.76. The van der Waals surface area contributed by atoms with Crippen molar-refractivity contribution in [2.75, 3.05) is 0 Å². The summed E-state index contributed by atoms with van der Waals surface area (Å²) in [6.45, 7) is 2.66. The molecule has 0 radical (unpaired) electrons. The van der Waals surface area contributed by atoms with Crippen LogP contribution in [-0.2, 0) is 11.3 Å². The molecule has 4 nitrogen and oxygen atoms in total. The number of thiophene rings is 1. The average molecular weight is 313 g/mol. The van der Waals surface area contributed by atoms with Gasteiger partial charge in [-0.05, 0) is 43.7 Å². The van der Waals surface area contributed by atoms with Crippen molar-refractivity contribution in [3.05, 3.63) is 21.3 Å². The quantitative estimate of drug-likeness (QED) is 0.851. The summed E-state index contributed by atoms with van der Waals surface area (Å²) in [4.78, 5) is 27.1. The molecule has 1 aliphatic heterocycles. The number of rotatable bonds is 2. The Kier molecular flexibility index (Phi) is 3.50. The second-order valence-electron chi connectivity index (χ2n) is 5.77. The van der Waals surface area contributed by atoms with E-state index in [0.717, 1.165) is 30.6 Å². The van der Waals surface area contributed by atoms with Crippen molar-refractivity contribution in [2.45, 2.75) is 44.7 Å². The first-order valence-corrected chi connectivity index (χ1v) is 8.08. The second kappa shape index (κ2) is 5.04. The Hall–Kier alpha value is -1.07. The Morgan fingerprint density at radius 2 is 2.10 bits per heavy atom. The van der Waals surface area contributed by atoms with Gasteiger partial charge in [-0.1, -0.05) is 18.5 Å². The number of halogens is 1. The normalized spacial score (nSPS) is 30.1. The van der Waals surface area contributed by atoms with Crippen LogP contribution in [0.1, 0.15) is 37.5 Å². The smallest absolute Gasteiger partial charge is 0.305 e. The van der Waals surface area contributed by atoms with Crippen LogP contribution in [0.4, 0.5) is 4.79 Å². The first kappa shape index (κ1) is 13.9. The van der Waals surface area contributed by atoms with Crippen molar-refractivity contribution in [2.24, 2.45) is 5.92 Å². The summed E-state index contributed by atoms with van der Waals surface area (Å²) in [5, 5.41) is 2.49. The number of nitrogens with zero attached hydrogens (tertiary/aromatic N) is 1. The van der Waals surface area contributed by atoms with E-state index in [1.54, 1.807) is 4.90 Å². The molecule has 0 aromatic carbocycles. The Morgan fingerprint density at radius 3 is 2.70 bits per heavy atom. The molecule has 6 heteroatoms. The van der Waals surface area contributed by atoms with Crippen molar-refractivity contribution in [3.63, 3.8) is 0 Å². The molecule has 2 heterocycles. The molecule has 3 amide bonds. The lowest BCUT2D eigenvalue weighted by Gasteiger charge is -2.39. The molecule has 0 unspecified atom stereocenters. The van der Waals surface area contributed by atoms with Gasteiger partial charge in [-0.15, -0.1) is 11.3 Å². The maximum atomic E-state index is 12.3. The minimum absolute atomic E-state index is 0.128. The highest BCUT2D eigenvalue weighted by Gasteiger charge is 2.53. The van der Waals surface area contributed by atoms with Gasteiger partial charge in [0.05, 0.1) is 10.9 Å². The molecule has 1 saturated heterocycles. The molecule has 1 aromatic heterocycles. The summed E-state index contributed by atoms with van der Waals surface area (Å²) in [5.74, 6) is 0.499. The Morgan fingerprint density at radius 1 is 1.40 bits per heavy atom. The third-order valence-electron chi connectivity index (χ3n) is 4.45. The summed E-state index contributed by atoms with van der Waals surface area (Å²) in [7, 11) is 0. The predicted molar refractivity (Wildman–Crippen MR) is 78.8 cm³/mol. The molecule has 3 rings (SSSR count). The maximum absolute atomic E-state index is 12.3. The van der Waals surface area contributed by atoms with Crippen molar-refractivity contribution >= 4 is 34.9 Å². The molecule has 1 saturated carbocycles. The minimum atomic E-state index is -0.639. The number of hydrogen-bond donors (Lipinski definition) is 1. The van der Waals surface area contributed by atoms with Crippen molar-refractivity contribution < 1.29 is 9.59 Å². The second-order valence-corrected chi connectivity index (χ2v) is 7.56. The van der Waals surface area contributed by atoms with Gasteiger partial charge in [-0.25, -0.2) is 4.79 Å². The molecule has 2 fully saturated rings. The standard InChI is InChI=1S/C14H17ClN2O2S/c1-9-4-6-14(7-5-9)12(18)16-13(19)17(14)8-10-2-3-11(15)20-10/h2-3,9H,4-8H2,1H3,(H,16,18,19). The zero-order valence-electron chi connectivity index (χ0n) is 11.3. The maximum Gasteiger partial charge on any atom is 0.325 e. The van der Waals surface area contributed by atoms with Gasteiger partial charge in [-0.3, -0.25) is 10.1 Å². The molecular weight excluding hydrogens is 296 g/mol. The zero-order chi connectivity index (χ0) is 14.3. The van der Waals surface area contributed by atoms with Gasteiger partial charge in [-0.2, -0.15) is 0 Å². The van der Waals surface area contributed by atoms with E-state index in [-0.39, 0.29) is 11.9 Å². The topological polar surface area (TPSA) is 49.4 Å². The fourth-order valence-electron chi connectivity index (χ4n) is 3.15. The molecular formula is C14H17ClN2O2S. The monoisotopic (exact) mass is 312 g/mol. The van der Waals surface area contributed by atoms with E-state index in [1.165, 1.54) is 11.3 Å². The predicted octanol–water partition coefficient (Wildman–Crippen LogP) is 3.40. The molecule has 1 aliphatic carbocycles. The molecule has 0 atom stereocenters. The van der Waals surface area contributed by atoms with Gasteiger partial charge in [0.1, 0.15) is 5.54 Å². The van der Waals surface area contributed by atoms with E-state index in [9.17, 15) is 9.59 Å². The van der Waals surface area contributed by atoms with Gasteiger partial charge >= 0.3 is 6.03 Å². The largest absolute Gasteiger partial charge is 0.325 e. The van der Waals surface area contributed by atoms with Crippen LogP contribution in [0.15, 0.2) is 12.1 Å². The van der Waals surface area contributed by atoms with E-state index in [4.69, 9.17) is 11.6 Å².